The van der Waals surface area contributed by atoms with Gasteiger partial charge in [0.2, 0.25) is 0 Å². The zero-order valence-electron chi connectivity index (χ0n) is 10.7. The zero-order chi connectivity index (χ0) is 12.1. The summed E-state index contributed by atoms with van der Waals surface area (Å²) in [6, 6.07) is 5.89. The molecule has 0 aliphatic rings. The highest BCUT2D eigenvalue weighted by Gasteiger charge is 2.08. The Morgan fingerprint density at radius 2 is 2.00 bits per heavy atom. The van der Waals surface area contributed by atoms with Gasteiger partial charge in [0.15, 0.2) is 0 Å². The third kappa shape index (κ3) is 3.53. The van der Waals surface area contributed by atoms with Gasteiger partial charge in [-0.15, -0.1) is 0 Å². The molecule has 1 N–H and O–H groups in total. The first-order chi connectivity index (χ1) is 7.54. The average molecular weight is 222 g/mol. The molecule has 0 radical (unpaired) electrons. The van der Waals surface area contributed by atoms with E-state index in [1.165, 1.54) is 0 Å². The van der Waals surface area contributed by atoms with Crippen LogP contribution >= 0.6 is 0 Å². The third-order valence-electron chi connectivity index (χ3n) is 2.57. The van der Waals surface area contributed by atoms with E-state index in [4.69, 9.17) is 4.74 Å². The number of ether oxygens (including phenoxy) is 1. The first-order valence-corrected chi connectivity index (χ1v) is 5.96. The molecule has 0 aliphatic carbocycles. The SMILES string of the molecule is CCC(O)c1ccc(OCC(C)C)cc1C. The number of aryl methyl sites for hydroxylation is 1. The summed E-state index contributed by atoms with van der Waals surface area (Å²) in [6.45, 7) is 8.98. The fourth-order valence-electron chi connectivity index (χ4n) is 1.59. The Kier molecular flexibility index (Phi) is 4.81. The molecule has 0 saturated carbocycles. The molecule has 90 valence electrons. The third-order valence-corrected chi connectivity index (χ3v) is 2.57. The lowest BCUT2D eigenvalue weighted by Gasteiger charge is -2.14. The van der Waals surface area contributed by atoms with Crippen LogP contribution < -0.4 is 4.74 Å². The van der Waals surface area contributed by atoms with Gasteiger partial charge >= 0.3 is 0 Å². The summed E-state index contributed by atoms with van der Waals surface area (Å²) >= 11 is 0. The summed E-state index contributed by atoms with van der Waals surface area (Å²) in [6.07, 6.45) is 0.381. The molecule has 1 unspecified atom stereocenters. The molecular weight excluding hydrogens is 200 g/mol. The second-order valence-corrected chi connectivity index (χ2v) is 4.65. The van der Waals surface area contributed by atoms with Gasteiger partial charge in [-0.1, -0.05) is 26.8 Å². The Morgan fingerprint density at radius 3 is 2.50 bits per heavy atom. The Bertz CT molecular complexity index is 332. The van der Waals surface area contributed by atoms with Gasteiger partial charge in [-0.3, -0.25) is 0 Å². The highest BCUT2D eigenvalue weighted by atomic mass is 16.5. The standard InChI is InChI=1S/C14H22O2/c1-5-14(15)13-7-6-12(8-11(13)4)16-9-10(2)3/h6-8,10,14-15H,5,9H2,1-4H3. The molecule has 0 spiro atoms. The van der Waals surface area contributed by atoms with Crippen molar-refractivity contribution in [3.05, 3.63) is 29.3 Å². The van der Waals surface area contributed by atoms with Crippen LogP contribution in [0, 0.1) is 12.8 Å². The van der Waals surface area contributed by atoms with Crippen molar-refractivity contribution >= 4 is 0 Å². The van der Waals surface area contributed by atoms with E-state index in [0.717, 1.165) is 29.9 Å². The quantitative estimate of drug-likeness (QED) is 0.826. The van der Waals surface area contributed by atoms with E-state index < -0.39 is 0 Å². The molecule has 1 aromatic rings. The molecule has 0 amide bonds. The Morgan fingerprint density at radius 1 is 1.31 bits per heavy atom. The van der Waals surface area contributed by atoms with Gasteiger partial charge in [-0.2, -0.15) is 0 Å². The molecule has 2 nitrogen and oxygen atoms in total. The monoisotopic (exact) mass is 222 g/mol. The van der Waals surface area contributed by atoms with E-state index in [2.05, 4.69) is 13.8 Å². The van der Waals surface area contributed by atoms with Gasteiger partial charge in [0.1, 0.15) is 5.75 Å². The molecule has 0 bridgehead atoms. The van der Waals surface area contributed by atoms with E-state index in [0.29, 0.717) is 5.92 Å². The van der Waals surface area contributed by atoms with Crippen LogP contribution in [0.1, 0.15) is 44.4 Å². The van der Waals surface area contributed by atoms with Gasteiger partial charge in [-0.25, -0.2) is 0 Å². The highest BCUT2D eigenvalue weighted by Crippen LogP contribution is 2.24. The van der Waals surface area contributed by atoms with Gasteiger partial charge < -0.3 is 9.84 Å². The predicted octanol–water partition coefficient (Wildman–Crippen LogP) is 3.47. The molecule has 0 aromatic heterocycles. The summed E-state index contributed by atoms with van der Waals surface area (Å²) in [7, 11) is 0. The molecule has 2 heteroatoms. The van der Waals surface area contributed by atoms with Crippen LogP contribution in [0.25, 0.3) is 0 Å². The fourth-order valence-corrected chi connectivity index (χ4v) is 1.59. The summed E-state index contributed by atoms with van der Waals surface area (Å²) in [4.78, 5) is 0. The summed E-state index contributed by atoms with van der Waals surface area (Å²) in [5.41, 5.74) is 2.09. The minimum atomic E-state index is -0.362. The number of hydrogen-bond acceptors (Lipinski definition) is 2. The molecule has 1 aromatic carbocycles. The number of aliphatic hydroxyl groups excluding tert-OH is 1. The van der Waals surface area contributed by atoms with Crippen LogP contribution in [-0.4, -0.2) is 11.7 Å². The molecule has 0 heterocycles. The Balaban J connectivity index is 2.74. The van der Waals surface area contributed by atoms with Crippen LogP contribution in [0.4, 0.5) is 0 Å². The summed E-state index contributed by atoms with van der Waals surface area (Å²) in [5.74, 6) is 1.42. The van der Waals surface area contributed by atoms with Crippen molar-refractivity contribution in [2.45, 2.75) is 40.2 Å². The zero-order valence-corrected chi connectivity index (χ0v) is 10.7. The van der Waals surface area contributed by atoms with Crippen molar-refractivity contribution in [1.29, 1.82) is 0 Å². The Hall–Kier alpha value is -1.02. The largest absolute Gasteiger partial charge is 0.493 e. The van der Waals surface area contributed by atoms with Crippen molar-refractivity contribution in [3.8, 4) is 5.75 Å². The van der Waals surface area contributed by atoms with E-state index >= 15 is 0 Å². The molecule has 0 fully saturated rings. The molecule has 0 saturated heterocycles. The lowest BCUT2D eigenvalue weighted by molar-refractivity contribution is 0.173. The lowest BCUT2D eigenvalue weighted by atomic mass is 10.0. The van der Waals surface area contributed by atoms with Crippen LogP contribution in [0.5, 0.6) is 5.75 Å². The van der Waals surface area contributed by atoms with E-state index in [-0.39, 0.29) is 6.10 Å². The number of aliphatic hydroxyl groups is 1. The first-order valence-electron chi connectivity index (χ1n) is 5.96. The summed E-state index contributed by atoms with van der Waals surface area (Å²) in [5, 5.41) is 9.78. The molecule has 1 atom stereocenters. The molecule has 0 aliphatic heterocycles. The van der Waals surface area contributed by atoms with Gasteiger partial charge in [0.05, 0.1) is 12.7 Å². The second kappa shape index (κ2) is 5.90. The maximum atomic E-state index is 9.78. The minimum absolute atomic E-state index is 0.362. The predicted molar refractivity (Wildman–Crippen MR) is 66.8 cm³/mol. The van der Waals surface area contributed by atoms with Crippen molar-refractivity contribution in [3.63, 3.8) is 0 Å². The van der Waals surface area contributed by atoms with E-state index in [1.54, 1.807) is 0 Å². The molecule has 16 heavy (non-hydrogen) atoms. The van der Waals surface area contributed by atoms with Crippen LogP contribution in [0.15, 0.2) is 18.2 Å². The van der Waals surface area contributed by atoms with Gasteiger partial charge in [0.25, 0.3) is 0 Å². The van der Waals surface area contributed by atoms with E-state index in [1.807, 2.05) is 32.0 Å². The van der Waals surface area contributed by atoms with Gasteiger partial charge in [0, 0.05) is 0 Å². The first kappa shape index (κ1) is 13.0. The smallest absolute Gasteiger partial charge is 0.119 e. The van der Waals surface area contributed by atoms with Crippen molar-refractivity contribution < 1.29 is 9.84 Å². The number of rotatable bonds is 5. The molecular formula is C14H22O2. The molecule has 1 rings (SSSR count). The van der Waals surface area contributed by atoms with Crippen LogP contribution in [0.2, 0.25) is 0 Å². The van der Waals surface area contributed by atoms with Crippen molar-refractivity contribution in [2.24, 2.45) is 5.92 Å². The number of benzene rings is 1. The van der Waals surface area contributed by atoms with E-state index in [9.17, 15) is 5.11 Å². The average Bonchev–Trinajstić information content (AvgIpc) is 2.25. The van der Waals surface area contributed by atoms with Crippen molar-refractivity contribution in [1.82, 2.24) is 0 Å². The maximum Gasteiger partial charge on any atom is 0.119 e. The Labute approximate surface area is 98.3 Å². The number of hydrogen-bond donors (Lipinski definition) is 1. The highest BCUT2D eigenvalue weighted by molar-refractivity contribution is 5.36. The normalized spacial score (nSPS) is 12.9. The lowest BCUT2D eigenvalue weighted by Crippen LogP contribution is -2.05. The van der Waals surface area contributed by atoms with Crippen LogP contribution in [-0.2, 0) is 0 Å². The minimum Gasteiger partial charge on any atom is -0.493 e. The summed E-state index contributed by atoms with van der Waals surface area (Å²) < 4.78 is 5.63. The van der Waals surface area contributed by atoms with Crippen molar-refractivity contribution in [2.75, 3.05) is 6.61 Å². The maximum absolute atomic E-state index is 9.78. The second-order valence-electron chi connectivity index (χ2n) is 4.65. The topological polar surface area (TPSA) is 29.5 Å². The van der Waals surface area contributed by atoms with Crippen LogP contribution in [0.3, 0.4) is 0 Å². The fraction of sp³-hybridized carbons (Fsp3) is 0.571. The van der Waals surface area contributed by atoms with Gasteiger partial charge in [-0.05, 0) is 42.5 Å².